The highest BCUT2D eigenvalue weighted by Gasteiger charge is 2.48. The monoisotopic (exact) mass is 494 g/mol. The smallest absolute Gasteiger partial charge is 0.302 e. The first-order valence-electron chi connectivity index (χ1n) is 12.5. The molecule has 188 valence electrons. The van der Waals surface area contributed by atoms with Gasteiger partial charge in [0.05, 0.1) is 22.6 Å². The van der Waals surface area contributed by atoms with Crippen molar-refractivity contribution in [3.05, 3.63) is 94.6 Å². The van der Waals surface area contributed by atoms with E-state index in [0.717, 1.165) is 35.4 Å². The highest BCUT2D eigenvalue weighted by molar-refractivity contribution is 6.51. The summed E-state index contributed by atoms with van der Waals surface area (Å²) in [4.78, 5) is 38.3. The van der Waals surface area contributed by atoms with Crippen molar-refractivity contribution in [2.75, 3.05) is 22.9 Å². The summed E-state index contributed by atoms with van der Waals surface area (Å²) >= 11 is 0. The van der Waals surface area contributed by atoms with Crippen molar-refractivity contribution in [1.29, 1.82) is 0 Å². The van der Waals surface area contributed by atoms with Gasteiger partial charge in [0.15, 0.2) is 0 Å². The number of amides is 1. The van der Waals surface area contributed by atoms with Crippen molar-refractivity contribution < 1.29 is 14.7 Å². The van der Waals surface area contributed by atoms with Crippen molar-refractivity contribution >= 4 is 40.1 Å². The molecule has 0 radical (unpaired) electrons. The molecule has 1 amide bonds. The Morgan fingerprint density at radius 2 is 1.68 bits per heavy atom. The lowest BCUT2D eigenvalue weighted by Crippen LogP contribution is -2.30. The lowest BCUT2D eigenvalue weighted by molar-refractivity contribution is -0.132. The van der Waals surface area contributed by atoms with Gasteiger partial charge in [0.2, 0.25) is 5.95 Å². The van der Waals surface area contributed by atoms with Gasteiger partial charge in [0, 0.05) is 24.3 Å². The standard InChI is InChI=1S/C30H30N4O3/c1-5-33(6-2)22-15-13-20(14-16-22)26-25(27(35)21-12-11-18(3)19(4)17-21)28(36)29(37)34(26)30-31-23-9-7-8-10-24(23)32-30/h7-17,26,35H,5-6H2,1-4H3,(H,31,32)/b27-25+. The van der Waals surface area contributed by atoms with Gasteiger partial charge in [0.25, 0.3) is 5.78 Å². The normalized spacial score (nSPS) is 17.1. The molecule has 5 rings (SSSR count). The number of para-hydroxylation sites is 2. The summed E-state index contributed by atoms with van der Waals surface area (Å²) in [5.41, 5.74) is 5.79. The SMILES string of the molecule is CCN(CC)c1ccc(C2/C(=C(\O)c3ccc(C)c(C)c3)C(=O)C(=O)N2c2nc3ccccc3[nH]2)cc1. The van der Waals surface area contributed by atoms with Crippen LogP contribution in [-0.4, -0.2) is 39.9 Å². The Kier molecular flexibility index (Phi) is 6.29. The van der Waals surface area contributed by atoms with Crippen LogP contribution in [0.15, 0.2) is 72.3 Å². The molecule has 1 unspecified atom stereocenters. The number of rotatable bonds is 6. The molecule has 2 N–H and O–H groups in total. The minimum atomic E-state index is -0.840. The summed E-state index contributed by atoms with van der Waals surface area (Å²) in [5, 5.41) is 11.4. The highest BCUT2D eigenvalue weighted by atomic mass is 16.3. The number of Topliss-reactive ketones (excluding diaryl/α,β-unsaturated/α-hetero) is 1. The molecule has 0 aliphatic carbocycles. The van der Waals surface area contributed by atoms with E-state index in [1.165, 1.54) is 4.90 Å². The highest BCUT2D eigenvalue weighted by Crippen LogP contribution is 2.42. The number of carbonyl (C=O) groups excluding carboxylic acids is 2. The van der Waals surface area contributed by atoms with E-state index in [-0.39, 0.29) is 17.3 Å². The fourth-order valence-corrected chi connectivity index (χ4v) is 4.92. The minimum Gasteiger partial charge on any atom is -0.507 e. The zero-order valence-electron chi connectivity index (χ0n) is 21.4. The summed E-state index contributed by atoms with van der Waals surface area (Å²) in [6.07, 6.45) is 0. The second kappa shape index (κ2) is 9.58. The molecule has 1 aliphatic rings. The number of anilines is 2. The molecular formula is C30H30N4O3. The number of imidazole rings is 1. The van der Waals surface area contributed by atoms with Crippen molar-refractivity contribution in [2.24, 2.45) is 0 Å². The number of hydrogen-bond donors (Lipinski definition) is 2. The van der Waals surface area contributed by atoms with E-state index >= 15 is 0 Å². The predicted molar refractivity (Wildman–Crippen MR) is 147 cm³/mol. The molecule has 0 spiro atoms. The number of carbonyl (C=O) groups is 2. The Balaban J connectivity index is 1.70. The molecule has 1 saturated heterocycles. The Hall–Kier alpha value is -4.39. The number of benzene rings is 3. The second-order valence-corrected chi connectivity index (χ2v) is 9.31. The first-order valence-corrected chi connectivity index (χ1v) is 12.5. The molecule has 0 bridgehead atoms. The van der Waals surface area contributed by atoms with E-state index in [1.807, 2.05) is 74.5 Å². The number of fused-ring (bicyclic) bond motifs is 1. The van der Waals surface area contributed by atoms with Crippen LogP contribution in [0.4, 0.5) is 11.6 Å². The number of aryl methyl sites for hydroxylation is 2. The van der Waals surface area contributed by atoms with Crippen LogP contribution in [0.1, 0.15) is 42.1 Å². The number of aromatic amines is 1. The molecule has 4 aromatic rings. The number of aliphatic hydroxyl groups excluding tert-OH is 1. The van der Waals surface area contributed by atoms with Crippen LogP contribution >= 0.6 is 0 Å². The third-order valence-electron chi connectivity index (χ3n) is 7.17. The number of hydrogen-bond acceptors (Lipinski definition) is 5. The van der Waals surface area contributed by atoms with Crippen molar-refractivity contribution in [1.82, 2.24) is 9.97 Å². The van der Waals surface area contributed by atoms with Crippen LogP contribution in [0.25, 0.3) is 16.8 Å². The minimum absolute atomic E-state index is 0.0456. The van der Waals surface area contributed by atoms with Crippen LogP contribution in [0.3, 0.4) is 0 Å². The molecular weight excluding hydrogens is 464 g/mol. The number of nitrogens with zero attached hydrogens (tertiary/aromatic N) is 3. The summed E-state index contributed by atoms with van der Waals surface area (Å²) < 4.78 is 0. The van der Waals surface area contributed by atoms with Gasteiger partial charge in [-0.2, -0.15) is 0 Å². The Bertz CT molecular complexity index is 1500. The summed E-state index contributed by atoms with van der Waals surface area (Å²) in [6, 6.07) is 19.9. The summed E-state index contributed by atoms with van der Waals surface area (Å²) in [7, 11) is 0. The fraction of sp³-hybridized carbons (Fsp3) is 0.233. The third-order valence-corrected chi connectivity index (χ3v) is 7.17. The van der Waals surface area contributed by atoms with Gasteiger partial charge in [-0.1, -0.05) is 36.4 Å². The van der Waals surface area contributed by atoms with Gasteiger partial charge >= 0.3 is 5.91 Å². The quantitative estimate of drug-likeness (QED) is 0.205. The van der Waals surface area contributed by atoms with Crippen molar-refractivity contribution in [3.8, 4) is 0 Å². The van der Waals surface area contributed by atoms with Crippen LogP contribution in [0, 0.1) is 13.8 Å². The van der Waals surface area contributed by atoms with Gasteiger partial charge in [-0.25, -0.2) is 4.98 Å². The van der Waals surface area contributed by atoms with Gasteiger partial charge in [-0.05, 0) is 74.7 Å². The maximum absolute atomic E-state index is 13.5. The topological polar surface area (TPSA) is 89.5 Å². The second-order valence-electron chi connectivity index (χ2n) is 9.31. The number of aromatic nitrogens is 2. The average Bonchev–Trinajstić information content (AvgIpc) is 3.45. The van der Waals surface area contributed by atoms with Crippen LogP contribution in [-0.2, 0) is 9.59 Å². The van der Waals surface area contributed by atoms with E-state index < -0.39 is 17.7 Å². The zero-order chi connectivity index (χ0) is 26.3. The molecule has 37 heavy (non-hydrogen) atoms. The van der Waals surface area contributed by atoms with Gasteiger partial charge in [0.1, 0.15) is 5.76 Å². The maximum Gasteiger partial charge on any atom is 0.302 e. The van der Waals surface area contributed by atoms with Crippen molar-refractivity contribution in [2.45, 2.75) is 33.7 Å². The van der Waals surface area contributed by atoms with Gasteiger partial charge < -0.3 is 15.0 Å². The Morgan fingerprint density at radius 3 is 2.32 bits per heavy atom. The number of ketones is 1. The van der Waals surface area contributed by atoms with E-state index in [1.54, 1.807) is 6.07 Å². The van der Waals surface area contributed by atoms with Crippen LogP contribution in [0.2, 0.25) is 0 Å². The first-order chi connectivity index (χ1) is 17.8. The molecule has 1 aliphatic heterocycles. The van der Waals surface area contributed by atoms with E-state index in [9.17, 15) is 14.7 Å². The molecule has 1 aromatic heterocycles. The fourth-order valence-electron chi connectivity index (χ4n) is 4.92. The molecule has 1 atom stereocenters. The zero-order valence-corrected chi connectivity index (χ0v) is 21.4. The molecule has 7 nitrogen and oxygen atoms in total. The maximum atomic E-state index is 13.5. The summed E-state index contributed by atoms with van der Waals surface area (Å²) in [5.74, 6) is -1.41. The largest absolute Gasteiger partial charge is 0.507 e. The molecule has 0 saturated carbocycles. The lowest BCUT2D eigenvalue weighted by atomic mass is 9.94. The summed E-state index contributed by atoms with van der Waals surface area (Å²) in [6.45, 7) is 9.84. The number of aliphatic hydroxyl groups is 1. The van der Waals surface area contributed by atoms with Gasteiger partial charge in [-0.15, -0.1) is 0 Å². The molecule has 3 aromatic carbocycles. The van der Waals surface area contributed by atoms with E-state index in [0.29, 0.717) is 16.6 Å². The first kappa shape index (κ1) is 24.3. The molecule has 1 fully saturated rings. The van der Waals surface area contributed by atoms with Crippen LogP contribution < -0.4 is 9.80 Å². The Morgan fingerprint density at radius 1 is 0.973 bits per heavy atom. The average molecular weight is 495 g/mol. The van der Waals surface area contributed by atoms with Crippen molar-refractivity contribution in [3.63, 3.8) is 0 Å². The number of H-pyrrole nitrogens is 1. The van der Waals surface area contributed by atoms with Gasteiger partial charge in [-0.3, -0.25) is 14.5 Å². The molecule has 2 heterocycles. The third kappa shape index (κ3) is 4.16. The lowest BCUT2D eigenvalue weighted by Gasteiger charge is -2.25. The number of nitrogens with one attached hydrogen (secondary N) is 1. The molecule has 7 heteroatoms. The predicted octanol–water partition coefficient (Wildman–Crippen LogP) is 5.65. The Labute approximate surface area is 216 Å². The van der Waals surface area contributed by atoms with E-state index in [4.69, 9.17) is 0 Å². The van der Waals surface area contributed by atoms with Crippen LogP contribution in [0.5, 0.6) is 0 Å². The van der Waals surface area contributed by atoms with E-state index in [2.05, 4.69) is 28.7 Å².